The molecular formula is C28H56O2. The Bertz CT molecular complexity index is 340. The molecule has 0 saturated heterocycles. The van der Waals surface area contributed by atoms with E-state index in [1.807, 2.05) is 0 Å². The molecule has 0 heterocycles. The van der Waals surface area contributed by atoms with Crippen molar-refractivity contribution in [2.24, 2.45) is 5.92 Å². The summed E-state index contributed by atoms with van der Waals surface area (Å²) < 4.78 is 4.70. The second-order valence-electron chi connectivity index (χ2n) is 9.73. The first-order valence-electron chi connectivity index (χ1n) is 13.8. The molecule has 0 saturated carbocycles. The highest BCUT2D eigenvalue weighted by Gasteiger charge is 2.05. The van der Waals surface area contributed by atoms with E-state index in [2.05, 4.69) is 13.8 Å². The minimum absolute atomic E-state index is 0.0642. The van der Waals surface area contributed by atoms with Crippen LogP contribution in [0.1, 0.15) is 162 Å². The van der Waals surface area contributed by atoms with E-state index in [4.69, 9.17) is 4.74 Å². The van der Waals surface area contributed by atoms with Crippen molar-refractivity contribution in [1.29, 1.82) is 0 Å². The smallest absolute Gasteiger partial charge is 0.305 e. The van der Waals surface area contributed by atoms with Crippen molar-refractivity contribution in [3.8, 4) is 0 Å². The Balaban J connectivity index is 3.12. The molecule has 0 aromatic heterocycles. The zero-order chi connectivity index (χ0) is 22.1. The summed E-state index contributed by atoms with van der Waals surface area (Å²) in [6.07, 6.45) is 31.4. The highest BCUT2D eigenvalue weighted by molar-refractivity contribution is 5.68. The van der Waals surface area contributed by atoms with Crippen molar-refractivity contribution in [3.63, 3.8) is 0 Å². The number of carbonyl (C=O) groups is 1. The van der Waals surface area contributed by atoms with Crippen molar-refractivity contribution in [3.05, 3.63) is 0 Å². The fourth-order valence-electron chi connectivity index (χ4n) is 4.41. The van der Waals surface area contributed by atoms with Gasteiger partial charge in [-0.25, -0.2) is 0 Å². The molecule has 0 bridgehead atoms. The fourth-order valence-corrected chi connectivity index (χ4v) is 4.41. The monoisotopic (exact) mass is 424 g/mol. The average molecular weight is 425 g/mol. The highest BCUT2D eigenvalue weighted by atomic mass is 16.5. The van der Waals surface area contributed by atoms with Gasteiger partial charge in [0.25, 0.3) is 0 Å². The molecule has 0 spiro atoms. The predicted octanol–water partition coefficient (Wildman–Crippen LogP) is 9.79. The van der Waals surface area contributed by atoms with Crippen LogP contribution in [0.25, 0.3) is 0 Å². The summed E-state index contributed by atoms with van der Waals surface area (Å²) in [6, 6.07) is 0. The molecule has 0 aromatic carbocycles. The summed E-state index contributed by atoms with van der Waals surface area (Å²) in [4.78, 5) is 11.1. The summed E-state index contributed by atoms with van der Waals surface area (Å²) in [5.41, 5.74) is 0. The first-order valence-corrected chi connectivity index (χ1v) is 13.8. The molecule has 2 heteroatoms. The van der Waals surface area contributed by atoms with Gasteiger partial charge in [-0.2, -0.15) is 0 Å². The van der Waals surface area contributed by atoms with Crippen LogP contribution < -0.4 is 0 Å². The van der Waals surface area contributed by atoms with Gasteiger partial charge in [0.2, 0.25) is 0 Å². The SMILES string of the molecule is CCCCCCCCCCCCCCCCCCCCCC(C)CCCC(=O)OC. The molecule has 0 aromatic rings. The summed E-state index contributed by atoms with van der Waals surface area (Å²) in [5, 5.41) is 0. The van der Waals surface area contributed by atoms with Crippen LogP contribution in [-0.4, -0.2) is 13.1 Å². The molecule has 0 aliphatic carbocycles. The average Bonchev–Trinajstić information content (AvgIpc) is 2.75. The van der Waals surface area contributed by atoms with Crippen molar-refractivity contribution in [2.75, 3.05) is 7.11 Å². The molecule has 0 rings (SSSR count). The van der Waals surface area contributed by atoms with Crippen molar-refractivity contribution >= 4 is 5.97 Å². The molecule has 0 N–H and O–H groups in total. The summed E-state index contributed by atoms with van der Waals surface area (Å²) in [6.45, 7) is 4.62. The van der Waals surface area contributed by atoms with Gasteiger partial charge in [-0.15, -0.1) is 0 Å². The van der Waals surface area contributed by atoms with E-state index in [9.17, 15) is 4.79 Å². The van der Waals surface area contributed by atoms with Crippen LogP contribution in [-0.2, 0) is 9.53 Å². The molecule has 2 nitrogen and oxygen atoms in total. The van der Waals surface area contributed by atoms with E-state index in [0.29, 0.717) is 6.42 Å². The Labute approximate surface area is 190 Å². The van der Waals surface area contributed by atoms with Gasteiger partial charge in [-0.3, -0.25) is 4.79 Å². The molecular weight excluding hydrogens is 368 g/mol. The number of methoxy groups -OCH3 is 1. The number of esters is 1. The van der Waals surface area contributed by atoms with Crippen LogP contribution in [0.2, 0.25) is 0 Å². The topological polar surface area (TPSA) is 26.3 Å². The first-order chi connectivity index (χ1) is 14.7. The van der Waals surface area contributed by atoms with E-state index >= 15 is 0 Å². The van der Waals surface area contributed by atoms with Crippen molar-refractivity contribution < 1.29 is 9.53 Å². The van der Waals surface area contributed by atoms with Gasteiger partial charge in [-0.1, -0.05) is 149 Å². The van der Waals surface area contributed by atoms with Crippen molar-refractivity contribution in [2.45, 2.75) is 162 Å². The maximum absolute atomic E-state index is 11.1. The third-order valence-electron chi connectivity index (χ3n) is 6.61. The number of hydrogen-bond acceptors (Lipinski definition) is 2. The molecule has 1 atom stereocenters. The Kier molecular flexibility index (Phi) is 24.3. The molecule has 0 aliphatic rings. The maximum Gasteiger partial charge on any atom is 0.305 e. The molecule has 0 amide bonds. The lowest BCUT2D eigenvalue weighted by Gasteiger charge is -2.10. The Morgan fingerprint density at radius 3 is 1.27 bits per heavy atom. The fraction of sp³-hybridized carbons (Fsp3) is 0.964. The third kappa shape index (κ3) is 23.7. The van der Waals surface area contributed by atoms with Crippen LogP contribution in [0, 0.1) is 5.92 Å². The predicted molar refractivity (Wildman–Crippen MR) is 133 cm³/mol. The number of rotatable bonds is 24. The maximum atomic E-state index is 11.1. The van der Waals surface area contributed by atoms with Gasteiger partial charge < -0.3 is 4.74 Å². The van der Waals surface area contributed by atoms with E-state index in [1.54, 1.807) is 0 Å². The lowest BCUT2D eigenvalue weighted by atomic mass is 9.96. The standard InChI is InChI=1S/C28H56O2/c1-4-5-6-7-8-9-10-11-12-13-14-15-16-17-18-19-20-21-22-24-27(2)25-23-26-28(29)30-3/h27H,4-26H2,1-3H3. The van der Waals surface area contributed by atoms with E-state index < -0.39 is 0 Å². The van der Waals surface area contributed by atoms with Gasteiger partial charge in [0.1, 0.15) is 0 Å². The minimum Gasteiger partial charge on any atom is -0.469 e. The largest absolute Gasteiger partial charge is 0.469 e. The van der Waals surface area contributed by atoms with Gasteiger partial charge in [0.15, 0.2) is 0 Å². The molecule has 180 valence electrons. The molecule has 1 unspecified atom stereocenters. The Morgan fingerprint density at radius 2 is 0.900 bits per heavy atom. The van der Waals surface area contributed by atoms with E-state index in [1.165, 1.54) is 136 Å². The lowest BCUT2D eigenvalue weighted by Crippen LogP contribution is -2.02. The summed E-state index contributed by atoms with van der Waals surface area (Å²) in [7, 11) is 1.48. The Morgan fingerprint density at radius 1 is 0.567 bits per heavy atom. The minimum atomic E-state index is -0.0642. The van der Waals surface area contributed by atoms with Crippen LogP contribution in [0.5, 0.6) is 0 Å². The van der Waals surface area contributed by atoms with Crippen LogP contribution in [0.3, 0.4) is 0 Å². The summed E-state index contributed by atoms with van der Waals surface area (Å²) >= 11 is 0. The van der Waals surface area contributed by atoms with Gasteiger partial charge in [0.05, 0.1) is 7.11 Å². The van der Waals surface area contributed by atoms with Crippen molar-refractivity contribution in [1.82, 2.24) is 0 Å². The van der Waals surface area contributed by atoms with Gasteiger partial charge >= 0.3 is 5.97 Å². The third-order valence-corrected chi connectivity index (χ3v) is 6.61. The number of ether oxygens (including phenoxy) is 1. The molecule has 30 heavy (non-hydrogen) atoms. The highest BCUT2D eigenvalue weighted by Crippen LogP contribution is 2.18. The van der Waals surface area contributed by atoms with E-state index in [0.717, 1.165) is 18.8 Å². The summed E-state index contributed by atoms with van der Waals surface area (Å²) in [5.74, 6) is 0.686. The number of carbonyl (C=O) groups excluding carboxylic acids is 1. The quantitative estimate of drug-likeness (QED) is 0.114. The van der Waals surface area contributed by atoms with Gasteiger partial charge in [-0.05, 0) is 12.3 Å². The van der Waals surface area contributed by atoms with Gasteiger partial charge in [0, 0.05) is 6.42 Å². The van der Waals surface area contributed by atoms with Crippen LogP contribution >= 0.6 is 0 Å². The number of hydrogen-bond donors (Lipinski definition) is 0. The Hall–Kier alpha value is -0.530. The first kappa shape index (κ1) is 29.5. The van der Waals surface area contributed by atoms with E-state index in [-0.39, 0.29) is 5.97 Å². The zero-order valence-corrected chi connectivity index (χ0v) is 21.2. The lowest BCUT2D eigenvalue weighted by molar-refractivity contribution is -0.140. The van der Waals surface area contributed by atoms with Crippen LogP contribution in [0.4, 0.5) is 0 Å². The zero-order valence-electron chi connectivity index (χ0n) is 21.2. The second kappa shape index (κ2) is 24.7. The molecule has 0 fully saturated rings. The molecule has 0 radical (unpaired) electrons. The number of unbranched alkanes of at least 4 members (excludes halogenated alkanes) is 18. The van der Waals surface area contributed by atoms with Crippen LogP contribution in [0.15, 0.2) is 0 Å². The normalized spacial score (nSPS) is 12.2. The molecule has 0 aliphatic heterocycles. The second-order valence-corrected chi connectivity index (χ2v) is 9.73.